The third-order valence-corrected chi connectivity index (χ3v) is 5.59. The Morgan fingerprint density at radius 1 is 0.757 bits per heavy atom. The Kier molecular flexibility index (Phi) is 11.2. The van der Waals surface area contributed by atoms with Crippen molar-refractivity contribution in [2.75, 3.05) is 0 Å². The lowest BCUT2D eigenvalue weighted by molar-refractivity contribution is -0.142. The van der Waals surface area contributed by atoms with Crippen LogP contribution in [0.2, 0.25) is 0 Å². The fraction of sp³-hybridized carbons (Fsp3) is 0.346. The van der Waals surface area contributed by atoms with E-state index in [-0.39, 0.29) is 25.7 Å². The average molecular weight is 512 g/mol. The van der Waals surface area contributed by atoms with Gasteiger partial charge in [0.2, 0.25) is 23.6 Å². The van der Waals surface area contributed by atoms with Gasteiger partial charge in [-0.3, -0.25) is 24.0 Å². The zero-order valence-electron chi connectivity index (χ0n) is 20.6. The lowest BCUT2D eigenvalue weighted by atomic mass is 10.0. The van der Waals surface area contributed by atoms with Gasteiger partial charge in [-0.05, 0) is 30.9 Å². The number of rotatable bonds is 14. The summed E-state index contributed by atoms with van der Waals surface area (Å²) >= 11 is 0. The molecule has 2 aromatic rings. The molecule has 0 aliphatic rings. The number of primary amides is 1. The predicted molar refractivity (Wildman–Crippen MR) is 136 cm³/mol. The molecule has 0 aliphatic carbocycles. The quantitative estimate of drug-likeness (QED) is 0.199. The monoisotopic (exact) mass is 511 g/mol. The molecule has 0 aromatic heterocycles. The molecule has 198 valence electrons. The molecular formula is C26H33N5O6. The van der Waals surface area contributed by atoms with Gasteiger partial charge in [0.15, 0.2) is 0 Å². The van der Waals surface area contributed by atoms with Gasteiger partial charge < -0.3 is 32.5 Å². The first-order valence-corrected chi connectivity index (χ1v) is 11.8. The molecular weight excluding hydrogens is 478 g/mol. The molecule has 0 saturated heterocycles. The van der Waals surface area contributed by atoms with E-state index in [1.54, 1.807) is 30.3 Å². The number of benzene rings is 2. The van der Waals surface area contributed by atoms with Crippen LogP contribution in [0.5, 0.6) is 0 Å². The van der Waals surface area contributed by atoms with Crippen LogP contribution in [-0.2, 0) is 36.8 Å². The molecule has 0 bridgehead atoms. The summed E-state index contributed by atoms with van der Waals surface area (Å²) < 4.78 is 0. The van der Waals surface area contributed by atoms with Gasteiger partial charge in [0, 0.05) is 12.8 Å². The van der Waals surface area contributed by atoms with E-state index in [0.717, 1.165) is 11.1 Å². The van der Waals surface area contributed by atoms with E-state index in [2.05, 4.69) is 16.0 Å². The van der Waals surface area contributed by atoms with Crippen molar-refractivity contribution in [3.8, 4) is 0 Å². The van der Waals surface area contributed by atoms with Crippen molar-refractivity contribution in [3.63, 3.8) is 0 Å². The van der Waals surface area contributed by atoms with Gasteiger partial charge in [-0.2, -0.15) is 0 Å². The maximum atomic E-state index is 13.3. The summed E-state index contributed by atoms with van der Waals surface area (Å²) in [6.45, 7) is 1.26. The first-order chi connectivity index (χ1) is 17.6. The number of nitrogens with one attached hydrogen (secondary N) is 3. The lowest BCUT2D eigenvalue weighted by Gasteiger charge is -2.25. The van der Waals surface area contributed by atoms with Crippen LogP contribution in [-0.4, -0.2) is 58.9 Å². The number of carbonyl (C=O) groups excluding carboxylic acids is 4. The van der Waals surface area contributed by atoms with Gasteiger partial charge in [0.25, 0.3) is 0 Å². The minimum absolute atomic E-state index is 0.103. The molecule has 11 heteroatoms. The molecule has 37 heavy (non-hydrogen) atoms. The van der Waals surface area contributed by atoms with Crippen molar-refractivity contribution in [1.29, 1.82) is 0 Å². The van der Waals surface area contributed by atoms with Crippen LogP contribution in [0.1, 0.15) is 30.9 Å². The molecule has 4 atom stereocenters. The van der Waals surface area contributed by atoms with Gasteiger partial charge in [-0.15, -0.1) is 0 Å². The summed E-state index contributed by atoms with van der Waals surface area (Å²) in [7, 11) is 0. The third-order valence-electron chi connectivity index (χ3n) is 5.59. The number of hydrogen-bond acceptors (Lipinski definition) is 6. The van der Waals surface area contributed by atoms with Crippen molar-refractivity contribution in [1.82, 2.24) is 16.0 Å². The second kappa shape index (κ2) is 14.3. The third kappa shape index (κ3) is 10.1. The molecule has 2 rings (SSSR count). The van der Waals surface area contributed by atoms with Crippen LogP contribution in [0.4, 0.5) is 0 Å². The molecule has 0 heterocycles. The van der Waals surface area contributed by atoms with E-state index in [0.29, 0.717) is 0 Å². The lowest BCUT2D eigenvalue weighted by Crippen LogP contribution is -2.57. The maximum Gasteiger partial charge on any atom is 0.325 e. The van der Waals surface area contributed by atoms with E-state index in [1.807, 2.05) is 30.3 Å². The minimum atomic E-state index is -1.27. The van der Waals surface area contributed by atoms with Crippen molar-refractivity contribution in [2.24, 2.45) is 11.5 Å². The molecule has 8 N–H and O–H groups in total. The van der Waals surface area contributed by atoms with Crippen LogP contribution < -0.4 is 27.4 Å². The van der Waals surface area contributed by atoms with Gasteiger partial charge in [0.1, 0.15) is 18.1 Å². The van der Waals surface area contributed by atoms with Gasteiger partial charge in [-0.25, -0.2) is 0 Å². The summed E-state index contributed by atoms with van der Waals surface area (Å²) in [5.74, 6) is -4.02. The zero-order valence-corrected chi connectivity index (χ0v) is 20.6. The van der Waals surface area contributed by atoms with E-state index in [9.17, 15) is 24.0 Å². The maximum absolute atomic E-state index is 13.3. The Morgan fingerprint density at radius 2 is 1.24 bits per heavy atom. The highest BCUT2D eigenvalue weighted by Gasteiger charge is 2.29. The molecule has 0 saturated carbocycles. The second-order valence-corrected chi connectivity index (χ2v) is 8.68. The number of carbonyl (C=O) groups is 5. The predicted octanol–water partition coefficient (Wildman–Crippen LogP) is -0.376. The van der Waals surface area contributed by atoms with Crippen molar-refractivity contribution in [2.45, 2.75) is 56.8 Å². The molecule has 0 spiro atoms. The number of amides is 4. The number of nitrogens with two attached hydrogens (primary N) is 2. The number of carboxylic acids is 1. The summed E-state index contributed by atoms with van der Waals surface area (Å²) in [4.78, 5) is 61.3. The highest BCUT2D eigenvalue weighted by Crippen LogP contribution is 2.07. The van der Waals surface area contributed by atoms with Crippen LogP contribution in [0.25, 0.3) is 0 Å². The second-order valence-electron chi connectivity index (χ2n) is 8.68. The normalized spacial score (nSPS) is 13.9. The van der Waals surface area contributed by atoms with Crippen LogP contribution in [0.15, 0.2) is 60.7 Å². The largest absolute Gasteiger partial charge is 0.480 e. The Hall–Kier alpha value is -4.25. The molecule has 11 nitrogen and oxygen atoms in total. The van der Waals surface area contributed by atoms with E-state index >= 15 is 0 Å². The fourth-order valence-corrected chi connectivity index (χ4v) is 3.50. The molecule has 2 aromatic carbocycles. The first kappa shape index (κ1) is 29.0. The highest BCUT2D eigenvalue weighted by atomic mass is 16.4. The minimum Gasteiger partial charge on any atom is -0.480 e. The smallest absolute Gasteiger partial charge is 0.325 e. The summed E-state index contributed by atoms with van der Waals surface area (Å²) in [6.07, 6.45) is -0.0223. The van der Waals surface area contributed by atoms with Crippen molar-refractivity contribution >= 4 is 29.6 Å². The molecule has 0 aliphatic heterocycles. The Morgan fingerprint density at radius 3 is 1.76 bits per heavy atom. The Labute approximate surface area is 215 Å². The fourth-order valence-electron chi connectivity index (χ4n) is 3.50. The SMILES string of the molecule is CC(NC(=O)C(CCC(N)=O)NC(=O)C(Cc1ccccc1)NC(=O)C(N)Cc1ccccc1)C(=O)O. The van der Waals surface area contributed by atoms with E-state index < -0.39 is 53.8 Å². The molecule has 4 unspecified atom stereocenters. The van der Waals surface area contributed by atoms with Gasteiger partial charge in [-0.1, -0.05) is 60.7 Å². The van der Waals surface area contributed by atoms with Gasteiger partial charge >= 0.3 is 5.97 Å². The van der Waals surface area contributed by atoms with E-state index in [1.165, 1.54) is 6.92 Å². The van der Waals surface area contributed by atoms with Crippen molar-refractivity contribution in [3.05, 3.63) is 71.8 Å². The standard InChI is InChI=1S/C26H33N5O6/c1-16(26(36)37)29-24(34)20(12-13-22(28)32)30-25(35)21(15-18-10-6-3-7-11-18)31-23(33)19(27)14-17-8-4-2-5-9-17/h2-11,16,19-21H,12-15,27H2,1H3,(H2,28,32)(H,29,34)(H,30,35)(H,31,33)(H,36,37). The molecule has 0 fully saturated rings. The summed E-state index contributed by atoms with van der Waals surface area (Å²) in [6, 6.07) is 13.6. The first-order valence-electron chi connectivity index (χ1n) is 11.8. The van der Waals surface area contributed by atoms with Gasteiger partial charge in [0.05, 0.1) is 6.04 Å². The molecule has 0 radical (unpaired) electrons. The Balaban J connectivity index is 2.19. The zero-order chi connectivity index (χ0) is 27.4. The number of aliphatic carboxylic acids is 1. The Bertz CT molecular complexity index is 1080. The topological polar surface area (TPSA) is 194 Å². The highest BCUT2D eigenvalue weighted by molar-refractivity contribution is 5.94. The van der Waals surface area contributed by atoms with Crippen LogP contribution >= 0.6 is 0 Å². The molecule has 4 amide bonds. The number of hydrogen-bond donors (Lipinski definition) is 6. The van der Waals surface area contributed by atoms with Crippen LogP contribution in [0.3, 0.4) is 0 Å². The average Bonchev–Trinajstić information content (AvgIpc) is 2.86. The van der Waals surface area contributed by atoms with Crippen molar-refractivity contribution < 1.29 is 29.1 Å². The summed E-state index contributed by atoms with van der Waals surface area (Å²) in [5.41, 5.74) is 12.9. The van der Waals surface area contributed by atoms with Crippen LogP contribution in [0, 0.1) is 0 Å². The summed E-state index contributed by atoms with van der Waals surface area (Å²) in [5, 5.41) is 16.5. The van der Waals surface area contributed by atoms with E-state index in [4.69, 9.17) is 16.6 Å². The number of carboxylic acid groups (broad SMARTS) is 1.